The van der Waals surface area contributed by atoms with Gasteiger partial charge in [-0.2, -0.15) is 5.26 Å². The molecule has 0 radical (unpaired) electrons. The predicted molar refractivity (Wildman–Crippen MR) is 139 cm³/mol. The molecular weight excluding hydrogens is 492 g/mol. The predicted octanol–water partition coefficient (Wildman–Crippen LogP) is 4.87. The zero-order chi connectivity index (χ0) is 25.8. The molecule has 9 nitrogen and oxygen atoms in total. The molecule has 1 aliphatic rings. The van der Waals surface area contributed by atoms with Crippen LogP contribution in [0.3, 0.4) is 0 Å². The Labute approximate surface area is 217 Å². The van der Waals surface area contributed by atoms with Crippen LogP contribution in [0.2, 0.25) is 5.02 Å². The molecule has 2 aromatic carbocycles. The standard InChI is InChI=1S/C27H21ClN6O3/c28-19-8-6-18(7-9-19)17-34-26(36)23(33-14-2-5-25(33)35)16-30-27(34)32-20-10-12-22(13-11-20)37-24-4-1-3-21(15-29)31-24/h1,3-4,6-13,16H,2,5,14,17H2,(H,30,32). The van der Waals surface area contributed by atoms with Crippen molar-refractivity contribution in [2.45, 2.75) is 19.4 Å². The molecule has 4 aromatic rings. The number of carbonyl (C=O) groups excluding carboxylic acids is 1. The van der Waals surface area contributed by atoms with E-state index in [0.29, 0.717) is 47.7 Å². The zero-order valence-corrected chi connectivity index (χ0v) is 20.4. The highest BCUT2D eigenvalue weighted by molar-refractivity contribution is 6.30. The van der Waals surface area contributed by atoms with E-state index in [-0.39, 0.29) is 29.4 Å². The highest BCUT2D eigenvalue weighted by Gasteiger charge is 2.26. The van der Waals surface area contributed by atoms with E-state index >= 15 is 0 Å². The van der Waals surface area contributed by atoms with Gasteiger partial charge in [0.1, 0.15) is 23.2 Å². The minimum absolute atomic E-state index is 0.0805. The van der Waals surface area contributed by atoms with Crippen LogP contribution >= 0.6 is 11.6 Å². The van der Waals surface area contributed by atoms with E-state index in [0.717, 1.165) is 5.56 Å². The average Bonchev–Trinajstić information content (AvgIpc) is 3.34. The number of halogens is 1. The molecule has 1 aliphatic heterocycles. The number of nitrogens with one attached hydrogen (secondary N) is 1. The Morgan fingerprint density at radius 1 is 1.05 bits per heavy atom. The van der Waals surface area contributed by atoms with Crippen LogP contribution in [0.25, 0.3) is 0 Å². The van der Waals surface area contributed by atoms with Crippen molar-refractivity contribution < 1.29 is 9.53 Å². The van der Waals surface area contributed by atoms with Crippen LogP contribution < -0.4 is 20.5 Å². The van der Waals surface area contributed by atoms with Gasteiger partial charge < -0.3 is 15.0 Å². The largest absolute Gasteiger partial charge is 0.439 e. The quantitative estimate of drug-likeness (QED) is 0.375. The second-order valence-corrected chi connectivity index (χ2v) is 8.79. The van der Waals surface area contributed by atoms with Gasteiger partial charge in [0.15, 0.2) is 0 Å². The van der Waals surface area contributed by atoms with Gasteiger partial charge >= 0.3 is 0 Å². The van der Waals surface area contributed by atoms with Crippen LogP contribution in [0.1, 0.15) is 24.1 Å². The van der Waals surface area contributed by atoms with Gasteiger partial charge in [0.25, 0.3) is 5.56 Å². The molecule has 1 N–H and O–H groups in total. The molecule has 1 amide bonds. The van der Waals surface area contributed by atoms with Gasteiger partial charge in [-0.25, -0.2) is 9.97 Å². The van der Waals surface area contributed by atoms with Crippen molar-refractivity contribution in [3.63, 3.8) is 0 Å². The third-order valence-corrected chi connectivity index (χ3v) is 6.07. The summed E-state index contributed by atoms with van der Waals surface area (Å²) in [4.78, 5) is 35.9. The van der Waals surface area contributed by atoms with Crippen molar-refractivity contribution in [2.75, 3.05) is 16.8 Å². The molecule has 0 atom stereocenters. The van der Waals surface area contributed by atoms with Crippen LogP contribution in [0.5, 0.6) is 11.6 Å². The van der Waals surface area contributed by atoms with Crippen LogP contribution in [-0.2, 0) is 11.3 Å². The number of hydrogen-bond acceptors (Lipinski definition) is 7. The second-order valence-electron chi connectivity index (χ2n) is 8.36. The summed E-state index contributed by atoms with van der Waals surface area (Å²) in [5.74, 6) is 1.09. The van der Waals surface area contributed by atoms with Crippen molar-refractivity contribution in [1.82, 2.24) is 14.5 Å². The highest BCUT2D eigenvalue weighted by atomic mass is 35.5. The summed E-state index contributed by atoms with van der Waals surface area (Å²) in [6.07, 6.45) is 2.57. The Hall–Kier alpha value is -4.68. The Balaban J connectivity index is 1.42. The Morgan fingerprint density at radius 2 is 1.84 bits per heavy atom. The van der Waals surface area contributed by atoms with Gasteiger partial charge in [0, 0.05) is 29.7 Å². The molecule has 0 bridgehead atoms. The first-order chi connectivity index (χ1) is 18.0. The smallest absolute Gasteiger partial charge is 0.279 e. The molecule has 1 fully saturated rings. The summed E-state index contributed by atoms with van der Waals surface area (Å²) in [7, 11) is 0. The van der Waals surface area contributed by atoms with Crippen LogP contribution in [-0.4, -0.2) is 27.0 Å². The van der Waals surface area contributed by atoms with E-state index in [1.165, 1.54) is 15.7 Å². The number of ether oxygens (including phenoxy) is 1. The first-order valence-electron chi connectivity index (χ1n) is 11.6. The summed E-state index contributed by atoms with van der Waals surface area (Å²) < 4.78 is 7.24. The second kappa shape index (κ2) is 10.5. The molecule has 0 unspecified atom stereocenters. The molecule has 10 heteroatoms. The first kappa shape index (κ1) is 24.0. The molecule has 3 heterocycles. The van der Waals surface area contributed by atoms with E-state index in [2.05, 4.69) is 15.3 Å². The maximum absolute atomic E-state index is 13.5. The minimum atomic E-state index is -0.314. The minimum Gasteiger partial charge on any atom is -0.439 e. The molecule has 0 aliphatic carbocycles. The van der Waals surface area contributed by atoms with E-state index in [1.54, 1.807) is 54.6 Å². The number of nitrogens with zero attached hydrogens (tertiary/aromatic N) is 5. The van der Waals surface area contributed by atoms with Crippen LogP contribution in [0.15, 0.2) is 77.7 Å². The lowest BCUT2D eigenvalue weighted by atomic mass is 10.2. The topological polar surface area (TPSA) is 113 Å². The molecule has 1 saturated heterocycles. The Bertz CT molecular complexity index is 1540. The molecule has 0 saturated carbocycles. The third-order valence-electron chi connectivity index (χ3n) is 5.82. The van der Waals surface area contributed by atoms with Gasteiger partial charge in [0.05, 0.1) is 12.7 Å². The van der Waals surface area contributed by atoms with E-state index in [9.17, 15) is 9.59 Å². The fourth-order valence-corrected chi connectivity index (χ4v) is 4.10. The highest BCUT2D eigenvalue weighted by Crippen LogP contribution is 2.24. The fourth-order valence-electron chi connectivity index (χ4n) is 3.98. The van der Waals surface area contributed by atoms with Crippen LogP contribution in [0, 0.1) is 11.3 Å². The van der Waals surface area contributed by atoms with E-state index < -0.39 is 0 Å². The van der Waals surface area contributed by atoms with Crippen molar-refractivity contribution >= 4 is 34.8 Å². The number of rotatable bonds is 7. The third kappa shape index (κ3) is 5.44. The number of hydrogen-bond donors (Lipinski definition) is 1. The maximum Gasteiger partial charge on any atom is 0.279 e. The van der Waals surface area contributed by atoms with Gasteiger partial charge in [0.2, 0.25) is 17.7 Å². The summed E-state index contributed by atoms with van der Waals surface area (Å²) in [6, 6.07) is 21.2. The lowest BCUT2D eigenvalue weighted by molar-refractivity contribution is -0.117. The van der Waals surface area contributed by atoms with E-state index in [1.807, 2.05) is 18.2 Å². The molecular formula is C27H21ClN6O3. The Morgan fingerprint density at radius 3 is 2.54 bits per heavy atom. The van der Waals surface area contributed by atoms with Gasteiger partial charge in [-0.1, -0.05) is 29.8 Å². The number of benzene rings is 2. The average molecular weight is 513 g/mol. The lowest BCUT2D eigenvalue weighted by Gasteiger charge is -2.19. The molecule has 184 valence electrons. The summed E-state index contributed by atoms with van der Waals surface area (Å²) in [5, 5.41) is 12.8. The van der Waals surface area contributed by atoms with Crippen LogP contribution in [0.4, 0.5) is 17.3 Å². The summed E-state index contributed by atoms with van der Waals surface area (Å²) in [5.41, 5.74) is 1.74. The zero-order valence-electron chi connectivity index (χ0n) is 19.6. The van der Waals surface area contributed by atoms with Crippen molar-refractivity contribution in [2.24, 2.45) is 0 Å². The maximum atomic E-state index is 13.5. The number of nitriles is 1. The van der Waals surface area contributed by atoms with E-state index in [4.69, 9.17) is 21.6 Å². The lowest BCUT2D eigenvalue weighted by Crippen LogP contribution is -2.34. The first-order valence-corrected chi connectivity index (χ1v) is 11.9. The fraction of sp³-hybridized carbons (Fsp3) is 0.148. The van der Waals surface area contributed by atoms with Crippen molar-refractivity contribution in [3.8, 4) is 17.7 Å². The normalized spacial score (nSPS) is 12.9. The van der Waals surface area contributed by atoms with Crippen molar-refractivity contribution in [3.05, 3.63) is 99.6 Å². The number of pyridine rings is 1. The molecule has 37 heavy (non-hydrogen) atoms. The molecule has 5 rings (SSSR count). The number of aromatic nitrogens is 3. The Kier molecular flexibility index (Phi) is 6.83. The SMILES string of the molecule is N#Cc1cccc(Oc2ccc(Nc3ncc(N4CCCC4=O)c(=O)n3Cc3ccc(Cl)cc3)cc2)n1. The van der Waals surface area contributed by atoms with Crippen molar-refractivity contribution in [1.29, 1.82) is 5.26 Å². The van der Waals surface area contributed by atoms with Gasteiger partial charge in [-0.15, -0.1) is 0 Å². The number of amides is 1. The van der Waals surface area contributed by atoms with Gasteiger partial charge in [-0.3, -0.25) is 14.2 Å². The molecule has 2 aromatic heterocycles. The summed E-state index contributed by atoms with van der Waals surface area (Å²) in [6.45, 7) is 0.736. The monoisotopic (exact) mass is 512 g/mol. The van der Waals surface area contributed by atoms with Gasteiger partial charge in [-0.05, 0) is 54.4 Å². The number of anilines is 3. The molecule has 0 spiro atoms. The summed E-state index contributed by atoms with van der Waals surface area (Å²) >= 11 is 6.03. The number of carbonyl (C=O) groups is 1.